The van der Waals surface area contributed by atoms with Gasteiger partial charge in [-0.3, -0.25) is 0 Å². The third-order valence-electron chi connectivity index (χ3n) is 4.92. The van der Waals surface area contributed by atoms with E-state index in [0.717, 1.165) is 0 Å². The molecule has 9 heteroatoms. The molecule has 0 saturated heterocycles. The molecule has 0 aliphatic heterocycles. The molecule has 0 N–H and O–H groups in total. The van der Waals surface area contributed by atoms with Crippen LogP contribution in [-0.4, -0.2) is 44.4 Å². The maximum absolute atomic E-state index is 12.8. The number of esters is 2. The Morgan fingerprint density at radius 3 is 2.34 bits per heavy atom. The minimum absolute atomic E-state index is 0.0108. The van der Waals surface area contributed by atoms with E-state index in [2.05, 4.69) is 0 Å². The van der Waals surface area contributed by atoms with Crippen LogP contribution in [-0.2, 0) is 26.1 Å². The summed E-state index contributed by atoms with van der Waals surface area (Å²) in [5, 5.41) is 0.626. The zero-order valence-corrected chi connectivity index (χ0v) is 19.0. The van der Waals surface area contributed by atoms with Crippen LogP contribution in [0.1, 0.15) is 47.2 Å². The van der Waals surface area contributed by atoms with Crippen molar-refractivity contribution in [2.45, 2.75) is 32.3 Å². The number of carbonyl (C=O) groups is 2. The molecule has 0 aliphatic rings. The van der Waals surface area contributed by atoms with Gasteiger partial charge in [-0.05, 0) is 31.2 Å². The van der Waals surface area contributed by atoms with Crippen molar-refractivity contribution < 1.29 is 31.9 Å². The van der Waals surface area contributed by atoms with Gasteiger partial charge in [-0.25, -0.2) is 18.0 Å². The van der Waals surface area contributed by atoms with E-state index >= 15 is 0 Å². The maximum Gasteiger partial charge on any atom is 0.374 e. The Morgan fingerprint density at radius 2 is 1.66 bits per heavy atom. The predicted octanol–water partition coefficient (Wildman–Crippen LogP) is 4.00. The standard InChI is InChI=1S/C23H25NO7S/c1-4-24(5-2)32(27,28)17-11-9-10-16(14-17)22(25)30-15-19-18-12-7-8-13-20(18)31-21(19)23(26)29-6-3/h7-14H,4-6,15H2,1-3H3. The molecule has 0 saturated carbocycles. The largest absolute Gasteiger partial charge is 0.460 e. The van der Waals surface area contributed by atoms with Crippen LogP contribution in [0.25, 0.3) is 11.0 Å². The first-order valence-electron chi connectivity index (χ1n) is 10.3. The van der Waals surface area contributed by atoms with Crippen molar-refractivity contribution in [2.24, 2.45) is 0 Å². The summed E-state index contributed by atoms with van der Waals surface area (Å²) in [6.07, 6.45) is 0. The van der Waals surface area contributed by atoms with Crippen LogP contribution in [0.5, 0.6) is 0 Å². The van der Waals surface area contributed by atoms with Gasteiger partial charge in [0.15, 0.2) is 0 Å². The van der Waals surface area contributed by atoms with Gasteiger partial charge in [0.2, 0.25) is 15.8 Å². The van der Waals surface area contributed by atoms with E-state index in [4.69, 9.17) is 13.9 Å². The summed E-state index contributed by atoms with van der Waals surface area (Å²) in [5.41, 5.74) is 0.942. The number of nitrogens with zero attached hydrogens (tertiary/aromatic N) is 1. The minimum atomic E-state index is -3.72. The average molecular weight is 460 g/mol. The minimum Gasteiger partial charge on any atom is -0.460 e. The van der Waals surface area contributed by atoms with Crippen LogP contribution in [0.15, 0.2) is 57.8 Å². The zero-order chi connectivity index (χ0) is 23.3. The second-order valence-corrected chi connectivity index (χ2v) is 8.76. The molecule has 0 atom stereocenters. The Kier molecular flexibility index (Phi) is 7.32. The van der Waals surface area contributed by atoms with Gasteiger partial charge in [-0.2, -0.15) is 4.31 Å². The van der Waals surface area contributed by atoms with Gasteiger partial charge >= 0.3 is 11.9 Å². The van der Waals surface area contributed by atoms with E-state index in [-0.39, 0.29) is 29.4 Å². The maximum atomic E-state index is 12.8. The number of carbonyl (C=O) groups excluding carboxylic acids is 2. The highest BCUT2D eigenvalue weighted by atomic mass is 32.2. The highest BCUT2D eigenvalue weighted by Gasteiger charge is 2.25. The molecule has 0 spiro atoms. The summed E-state index contributed by atoms with van der Waals surface area (Å²) >= 11 is 0. The van der Waals surface area contributed by atoms with E-state index < -0.39 is 22.0 Å². The Balaban J connectivity index is 1.86. The summed E-state index contributed by atoms with van der Waals surface area (Å²) in [4.78, 5) is 25.0. The Morgan fingerprint density at radius 1 is 0.938 bits per heavy atom. The molecule has 1 heterocycles. The molecule has 0 bridgehead atoms. The fourth-order valence-electron chi connectivity index (χ4n) is 3.32. The van der Waals surface area contributed by atoms with Crippen LogP contribution in [0, 0.1) is 0 Å². The quantitative estimate of drug-likeness (QED) is 0.446. The lowest BCUT2D eigenvalue weighted by Crippen LogP contribution is -2.30. The van der Waals surface area contributed by atoms with Crippen molar-refractivity contribution in [2.75, 3.05) is 19.7 Å². The van der Waals surface area contributed by atoms with Crippen LogP contribution in [0.3, 0.4) is 0 Å². The third kappa shape index (κ3) is 4.68. The summed E-state index contributed by atoms with van der Waals surface area (Å²) in [6, 6.07) is 12.7. The number of para-hydroxylation sites is 1. The fraction of sp³-hybridized carbons (Fsp3) is 0.304. The second kappa shape index (κ2) is 9.97. The van der Waals surface area contributed by atoms with Crippen LogP contribution in [0.4, 0.5) is 0 Å². The third-order valence-corrected chi connectivity index (χ3v) is 6.97. The first-order chi connectivity index (χ1) is 15.3. The SMILES string of the molecule is CCOC(=O)c1oc2ccccc2c1COC(=O)c1cccc(S(=O)(=O)N(CC)CC)c1. The van der Waals surface area contributed by atoms with E-state index in [1.54, 1.807) is 45.0 Å². The van der Waals surface area contributed by atoms with Crippen molar-refractivity contribution in [3.8, 4) is 0 Å². The van der Waals surface area contributed by atoms with Gasteiger partial charge in [-0.15, -0.1) is 0 Å². The molecular formula is C23H25NO7S. The molecule has 0 fully saturated rings. The van der Waals surface area contributed by atoms with Crippen LogP contribution < -0.4 is 0 Å². The summed E-state index contributed by atoms with van der Waals surface area (Å²) < 4.78 is 42.9. The normalized spacial score (nSPS) is 11.6. The predicted molar refractivity (Wildman–Crippen MR) is 118 cm³/mol. The molecule has 0 amide bonds. The molecule has 8 nitrogen and oxygen atoms in total. The van der Waals surface area contributed by atoms with Crippen molar-refractivity contribution in [1.29, 1.82) is 0 Å². The molecule has 3 rings (SSSR count). The van der Waals surface area contributed by atoms with Gasteiger partial charge in [0.1, 0.15) is 12.2 Å². The Labute approximate surface area is 186 Å². The van der Waals surface area contributed by atoms with Crippen LogP contribution >= 0.6 is 0 Å². The van der Waals surface area contributed by atoms with Crippen molar-refractivity contribution in [3.63, 3.8) is 0 Å². The van der Waals surface area contributed by atoms with E-state index in [9.17, 15) is 18.0 Å². The number of ether oxygens (including phenoxy) is 2. The number of fused-ring (bicyclic) bond motifs is 1. The average Bonchev–Trinajstić information content (AvgIpc) is 3.17. The van der Waals surface area contributed by atoms with Gasteiger partial charge < -0.3 is 13.9 Å². The lowest BCUT2D eigenvalue weighted by atomic mass is 10.1. The summed E-state index contributed by atoms with van der Waals surface area (Å²) in [7, 11) is -3.72. The fourth-order valence-corrected chi connectivity index (χ4v) is 4.83. The van der Waals surface area contributed by atoms with Crippen LogP contribution in [0.2, 0.25) is 0 Å². The van der Waals surface area contributed by atoms with Gasteiger partial charge in [0.05, 0.1) is 22.6 Å². The van der Waals surface area contributed by atoms with Crippen molar-refractivity contribution in [1.82, 2.24) is 4.31 Å². The molecule has 0 unspecified atom stereocenters. The lowest BCUT2D eigenvalue weighted by Gasteiger charge is -2.18. The number of sulfonamides is 1. The summed E-state index contributed by atoms with van der Waals surface area (Å²) in [5.74, 6) is -1.40. The van der Waals surface area contributed by atoms with Gasteiger partial charge in [0, 0.05) is 18.5 Å². The van der Waals surface area contributed by atoms with E-state index in [1.165, 1.54) is 28.6 Å². The number of benzene rings is 2. The van der Waals surface area contributed by atoms with Crippen molar-refractivity contribution >= 4 is 32.9 Å². The molecule has 170 valence electrons. The number of hydrogen-bond donors (Lipinski definition) is 0. The van der Waals surface area contributed by atoms with Gasteiger partial charge in [0.25, 0.3) is 0 Å². The highest BCUT2D eigenvalue weighted by Crippen LogP contribution is 2.28. The molecule has 3 aromatic rings. The molecule has 0 radical (unpaired) electrons. The molecule has 2 aromatic carbocycles. The Hall–Kier alpha value is -3.17. The van der Waals surface area contributed by atoms with Crippen molar-refractivity contribution in [3.05, 3.63) is 65.4 Å². The zero-order valence-electron chi connectivity index (χ0n) is 18.2. The Bertz CT molecular complexity index is 1230. The number of hydrogen-bond acceptors (Lipinski definition) is 7. The van der Waals surface area contributed by atoms with Gasteiger partial charge in [-0.1, -0.05) is 38.1 Å². The molecule has 0 aliphatic carbocycles. The summed E-state index contributed by atoms with van der Waals surface area (Å²) in [6.45, 7) is 5.74. The molecular weight excluding hydrogens is 434 g/mol. The lowest BCUT2D eigenvalue weighted by molar-refractivity contribution is 0.0435. The topological polar surface area (TPSA) is 103 Å². The first kappa shape index (κ1) is 23.5. The first-order valence-corrected chi connectivity index (χ1v) is 11.7. The molecule has 1 aromatic heterocycles. The number of rotatable bonds is 9. The second-order valence-electron chi connectivity index (χ2n) is 6.82. The van der Waals surface area contributed by atoms with E-state index in [1.807, 2.05) is 0 Å². The number of furan rings is 1. The molecule has 32 heavy (non-hydrogen) atoms. The van der Waals surface area contributed by atoms with E-state index in [0.29, 0.717) is 29.6 Å². The smallest absolute Gasteiger partial charge is 0.374 e. The monoisotopic (exact) mass is 459 g/mol. The highest BCUT2D eigenvalue weighted by molar-refractivity contribution is 7.89.